The first-order chi connectivity index (χ1) is 9.15. The second-order valence-corrected chi connectivity index (χ2v) is 5.36. The van der Waals surface area contributed by atoms with Crippen molar-refractivity contribution in [3.8, 4) is 0 Å². The van der Waals surface area contributed by atoms with E-state index >= 15 is 0 Å². The van der Waals surface area contributed by atoms with Gasteiger partial charge in [0.1, 0.15) is 0 Å². The fraction of sp³-hybridized carbons (Fsp3) is 0.385. The monoisotopic (exact) mass is 324 g/mol. The van der Waals surface area contributed by atoms with Crippen LogP contribution in [0.25, 0.3) is 0 Å². The smallest absolute Gasteiger partial charge is 0.251 e. The molecule has 0 radical (unpaired) electrons. The molecule has 0 spiro atoms. The van der Waals surface area contributed by atoms with Crippen LogP contribution >= 0.6 is 15.9 Å². The SMILES string of the molecule is NC(=NCCNC(=O)c1ccc(Br)cc1)NC1CC1. The summed E-state index contributed by atoms with van der Waals surface area (Å²) < 4.78 is 0.951. The predicted octanol–water partition coefficient (Wildman–Crippen LogP) is 1.25. The minimum Gasteiger partial charge on any atom is -0.370 e. The molecule has 19 heavy (non-hydrogen) atoms. The summed E-state index contributed by atoms with van der Waals surface area (Å²) in [6, 6.07) is 7.72. The van der Waals surface area contributed by atoms with Gasteiger partial charge in [0.2, 0.25) is 0 Å². The van der Waals surface area contributed by atoms with Gasteiger partial charge in [-0.25, -0.2) is 0 Å². The molecule has 1 fully saturated rings. The lowest BCUT2D eigenvalue weighted by Crippen LogP contribution is -2.34. The number of halogens is 1. The number of rotatable bonds is 5. The molecular formula is C13H17BrN4O. The van der Waals surface area contributed by atoms with Crippen LogP contribution < -0.4 is 16.4 Å². The van der Waals surface area contributed by atoms with Gasteiger partial charge in [-0.15, -0.1) is 0 Å². The van der Waals surface area contributed by atoms with Crippen LogP contribution in [0.3, 0.4) is 0 Å². The number of nitrogens with one attached hydrogen (secondary N) is 2. The van der Waals surface area contributed by atoms with Gasteiger partial charge in [-0.2, -0.15) is 0 Å². The first-order valence-corrected chi connectivity index (χ1v) is 7.04. The second kappa shape index (κ2) is 6.56. The van der Waals surface area contributed by atoms with Crippen molar-refractivity contribution in [2.45, 2.75) is 18.9 Å². The van der Waals surface area contributed by atoms with Crippen molar-refractivity contribution in [3.63, 3.8) is 0 Å². The van der Waals surface area contributed by atoms with E-state index in [1.54, 1.807) is 12.1 Å². The molecule has 0 heterocycles. The van der Waals surface area contributed by atoms with Crippen LogP contribution in [0, 0.1) is 0 Å². The Morgan fingerprint density at radius 3 is 2.68 bits per heavy atom. The standard InChI is InChI=1S/C13H17BrN4O/c14-10-3-1-9(2-4-10)12(19)16-7-8-17-13(15)18-11-5-6-11/h1-4,11H,5-8H2,(H,16,19)(H3,15,17,18). The third kappa shape index (κ3) is 4.90. The zero-order valence-corrected chi connectivity index (χ0v) is 12.1. The maximum absolute atomic E-state index is 11.8. The fourth-order valence-electron chi connectivity index (χ4n) is 1.53. The first kappa shape index (κ1) is 13.9. The number of aliphatic imine (C=N–C) groups is 1. The number of hydrogen-bond donors (Lipinski definition) is 3. The van der Waals surface area contributed by atoms with Gasteiger partial charge in [0.05, 0.1) is 6.54 Å². The van der Waals surface area contributed by atoms with Crippen molar-refractivity contribution < 1.29 is 4.79 Å². The number of nitrogens with two attached hydrogens (primary N) is 1. The highest BCUT2D eigenvalue weighted by atomic mass is 79.9. The highest BCUT2D eigenvalue weighted by Crippen LogP contribution is 2.17. The summed E-state index contributed by atoms with van der Waals surface area (Å²) in [5, 5.41) is 5.89. The summed E-state index contributed by atoms with van der Waals surface area (Å²) in [5.41, 5.74) is 6.32. The molecule has 1 saturated carbocycles. The van der Waals surface area contributed by atoms with Gasteiger partial charge in [0.15, 0.2) is 5.96 Å². The molecule has 0 unspecified atom stereocenters. The Bertz CT molecular complexity index is 468. The molecule has 6 heteroatoms. The summed E-state index contributed by atoms with van der Waals surface area (Å²) in [7, 11) is 0. The van der Waals surface area contributed by atoms with E-state index in [4.69, 9.17) is 5.73 Å². The molecular weight excluding hydrogens is 308 g/mol. The third-order valence-electron chi connectivity index (χ3n) is 2.72. The van der Waals surface area contributed by atoms with E-state index in [1.165, 1.54) is 0 Å². The molecule has 1 aliphatic carbocycles. The molecule has 0 saturated heterocycles. The Hall–Kier alpha value is -1.56. The second-order valence-electron chi connectivity index (χ2n) is 4.45. The predicted molar refractivity (Wildman–Crippen MR) is 79.1 cm³/mol. The number of amides is 1. The minimum atomic E-state index is -0.101. The molecule has 1 amide bonds. The molecule has 1 aromatic rings. The van der Waals surface area contributed by atoms with E-state index in [0.717, 1.165) is 17.3 Å². The van der Waals surface area contributed by atoms with Gasteiger partial charge < -0.3 is 16.4 Å². The number of carbonyl (C=O) groups excluding carboxylic acids is 1. The Morgan fingerprint density at radius 1 is 1.37 bits per heavy atom. The number of hydrogen-bond acceptors (Lipinski definition) is 2. The minimum absolute atomic E-state index is 0.101. The molecule has 5 nitrogen and oxygen atoms in total. The van der Waals surface area contributed by atoms with Gasteiger partial charge in [-0.3, -0.25) is 9.79 Å². The summed E-state index contributed by atoms with van der Waals surface area (Å²) >= 11 is 3.33. The maximum atomic E-state index is 11.8. The molecule has 4 N–H and O–H groups in total. The molecule has 2 rings (SSSR count). The van der Waals surface area contributed by atoms with E-state index < -0.39 is 0 Å². The van der Waals surface area contributed by atoms with E-state index in [1.807, 2.05) is 12.1 Å². The average molecular weight is 325 g/mol. The summed E-state index contributed by atoms with van der Waals surface area (Å²) in [4.78, 5) is 15.9. The number of nitrogens with zero attached hydrogens (tertiary/aromatic N) is 1. The van der Waals surface area contributed by atoms with Gasteiger partial charge in [-0.05, 0) is 37.1 Å². The van der Waals surface area contributed by atoms with Crippen molar-refractivity contribution in [1.82, 2.24) is 10.6 Å². The fourth-order valence-corrected chi connectivity index (χ4v) is 1.80. The molecule has 102 valence electrons. The molecule has 0 bridgehead atoms. The summed E-state index contributed by atoms with van der Waals surface area (Å²) in [5.74, 6) is 0.358. The number of guanidine groups is 1. The Balaban J connectivity index is 1.69. The number of benzene rings is 1. The van der Waals surface area contributed by atoms with Gasteiger partial charge >= 0.3 is 0 Å². The average Bonchev–Trinajstić information content (AvgIpc) is 3.19. The van der Waals surface area contributed by atoms with Crippen LogP contribution in [-0.2, 0) is 0 Å². The maximum Gasteiger partial charge on any atom is 0.251 e. The van der Waals surface area contributed by atoms with E-state index in [-0.39, 0.29) is 5.91 Å². The van der Waals surface area contributed by atoms with Crippen LogP contribution in [0.1, 0.15) is 23.2 Å². The van der Waals surface area contributed by atoms with E-state index in [2.05, 4.69) is 31.6 Å². The van der Waals surface area contributed by atoms with Gasteiger partial charge in [0.25, 0.3) is 5.91 Å². The van der Waals surface area contributed by atoms with Crippen molar-refractivity contribution >= 4 is 27.8 Å². The number of carbonyl (C=O) groups is 1. The van der Waals surface area contributed by atoms with Crippen LogP contribution in [-0.4, -0.2) is 31.0 Å². The van der Waals surface area contributed by atoms with Crippen molar-refractivity contribution in [2.24, 2.45) is 10.7 Å². The van der Waals surface area contributed by atoms with Crippen LogP contribution in [0.2, 0.25) is 0 Å². The Morgan fingerprint density at radius 2 is 2.05 bits per heavy atom. The lowest BCUT2D eigenvalue weighted by atomic mass is 10.2. The van der Waals surface area contributed by atoms with Crippen LogP contribution in [0.5, 0.6) is 0 Å². The van der Waals surface area contributed by atoms with Crippen molar-refractivity contribution in [1.29, 1.82) is 0 Å². The van der Waals surface area contributed by atoms with Gasteiger partial charge in [-0.1, -0.05) is 15.9 Å². The van der Waals surface area contributed by atoms with Crippen molar-refractivity contribution in [3.05, 3.63) is 34.3 Å². The highest BCUT2D eigenvalue weighted by Gasteiger charge is 2.21. The zero-order valence-electron chi connectivity index (χ0n) is 10.5. The van der Waals surface area contributed by atoms with E-state index in [0.29, 0.717) is 30.7 Å². The largest absolute Gasteiger partial charge is 0.370 e. The highest BCUT2D eigenvalue weighted by molar-refractivity contribution is 9.10. The Kier molecular flexibility index (Phi) is 4.79. The lowest BCUT2D eigenvalue weighted by molar-refractivity contribution is 0.0955. The normalized spacial score (nSPS) is 15.1. The third-order valence-corrected chi connectivity index (χ3v) is 3.24. The molecule has 0 aromatic heterocycles. The lowest BCUT2D eigenvalue weighted by Gasteiger charge is -2.05. The zero-order chi connectivity index (χ0) is 13.7. The van der Waals surface area contributed by atoms with Gasteiger partial charge in [0, 0.05) is 22.6 Å². The topological polar surface area (TPSA) is 79.5 Å². The van der Waals surface area contributed by atoms with Crippen LogP contribution in [0.4, 0.5) is 0 Å². The molecule has 1 aliphatic rings. The first-order valence-electron chi connectivity index (χ1n) is 6.25. The molecule has 0 aliphatic heterocycles. The summed E-state index contributed by atoms with van der Waals surface area (Å²) in [6.45, 7) is 0.954. The molecule has 0 atom stereocenters. The van der Waals surface area contributed by atoms with E-state index in [9.17, 15) is 4.79 Å². The molecule has 1 aromatic carbocycles. The quantitative estimate of drug-likeness (QED) is 0.433. The van der Waals surface area contributed by atoms with Crippen LogP contribution in [0.15, 0.2) is 33.7 Å². The Labute approximate surface area is 120 Å². The van der Waals surface area contributed by atoms with Crippen molar-refractivity contribution in [2.75, 3.05) is 13.1 Å². The summed E-state index contributed by atoms with van der Waals surface area (Å²) in [6.07, 6.45) is 2.33.